The number of ether oxygens (including phenoxy) is 2. The van der Waals surface area contributed by atoms with Crippen molar-refractivity contribution >= 4 is 5.91 Å². The zero-order valence-corrected chi connectivity index (χ0v) is 34.7. The second-order valence-electron chi connectivity index (χ2n) is 15.9. The fourth-order valence-corrected chi connectivity index (χ4v) is 7.14. The Hall–Kier alpha value is -1.33. The summed E-state index contributed by atoms with van der Waals surface area (Å²) in [7, 11) is 0. The molecule has 1 heterocycles. The first-order chi connectivity index (χ1) is 26.3. The standard InChI is InChI=1S/C45H85NO8/c1-3-5-7-9-11-13-15-17-18-19-20-21-23-25-27-29-31-33-35-41(49)46-38(37-53-45-44(52)43(51)42(50)40(36-47)54-45)39(48)34-32-30-28-26-24-22-16-14-12-10-8-6-4-2/h26,28,32,34,38-40,42-45,47-48,50-52H,3-25,27,29-31,33,35-37H2,1-2H3,(H,46,49)/b28-26?,34-32+/t38-,39+,40+,42+,43-,44+,45+/m0/s1. The smallest absolute Gasteiger partial charge is 0.220 e. The van der Waals surface area contributed by atoms with Gasteiger partial charge < -0.3 is 40.3 Å². The second kappa shape index (κ2) is 36.0. The number of carbonyl (C=O) groups excluding carboxylic acids is 1. The summed E-state index contributed by atoms with van der Waals surface area (Å²) in [5.74, 6) is -0.188. The molecular weight excluding hydrogens is 682 g/mol. The van der Waals surface area contributed by atoms with Crippen LogP contribution in [0.4, 0.5) is 0 Å². The minimum atomic E-state index is -1.57. The summed E-state index contributed by atoms with van der Waals surface area (Å²) in [6, 6.07) is -0.821. The van der Waals surface area contributed by atoms with Crippen LogP contribution in [0.25, 0.3) is 0 Å². The van der Waals surface area contributed by atoms with Crippen molar-refractivity contribution in [2.45, 2.75) is 243 Å². The number of hydrogen-bond donors (Lipinski definition) is 6. The molecule has 1 rings (SSSR count). The predicted molar refractivity (Wildman–Crippen MR) is 221 cm³/mol. The van der Waals surface area contributed by atoms with Gasteiger partial charge in [0.15, 0.2) is 6.29 Å². The number of amides is 1. The Morgan fingerprint density at radius 3 is 1.57 bits per heavy atom. The van der Waals surface area contributed by atoms with Crippen LogP contribution in [-0.2, 0) is 14.3 Å². The first-order valence-corrected chi connectivity index (χ1v) is 22.6. The Morgan fingerprint density at radius 1 is 0.630 bits per heavy atom. The predicted octanol–water partition coefficient (Wildman–Crippen LogP) is 9.11. The van der Waals surface area contributed by atoms with E-state index in [0.717, 1.165) is 25.7 Å². The molecule has 0 aromatic carbocycles. The molecule has 0 aliphatic carbocycles. The van der Waals surface area contributed by atoms with E-state index in [4.69, 9.17) is 9.47 Å². The van der Waals surface area contributed by atoms with Crippen molar-refractivity contribution in [2.24, 2.45) is 0 Å². The van der Waals surface area contributed by atoms with Crippen LogP contribution in [0.1, 0.15) is 200 Å². The molecule has 1 aliphatic heterocycles. The van der Waals surface area contributed by atoms with E-state index in [1.54, 1.807) is 6.08 Å². The molecule has 318 valence electrons. The number of unbranched alkanes of at least 4 members (excludes halogenated alkanes) is 25. The fraction of sp³-hybridized carbons (Fsp3) is 0.889. The van der Waals surface area contributed by atoms with E-state index in [1.807, 2.05) is 6.08 Å². The lowest BCUT2D eigenvalue weighted by molar-refractivity contribution is -0.302. The van der Waals surface area contributed by atoms with E-state index >= 15 is 0 Å². The van der Waals surface area contributed by atoms with E-state index in [0.29, 0.717) is 12.8 Å². The highest BCUT2D eigenvalue weighted by Crippen LogP contribution is 2.22. The molecule has 0 spiro atoms. The molecule has 1 amide bonds. The summed E-state index contributed by atoms with van der Waals surface area (Å²) in [5.41, 5.74) is 0. The van der Waals surface area contributed by atoms with Crippen molar-refractivity contribution in [1.29, 1.82) is 0 Å². The zero-order chi connectivity index (χ0) is 39.5. The summed E-state index contributed by atoms with van der Waals surface area (Å²) >= 11 is 0. The van der Waals surface area contributed by atoms with Crippen LogP contribution >= 0.6 is 0 Å². The molecule has 9 nitrogen and oxygen atoms in total. The number of nitrogens with one attached hydrogen (secondary N) is 1. The van der Waals surface area contributed by atoms with Gasteiger partial charge in [0.1, 0.15) is 24.4 Å². The molecule has 0 saturated carbocycles. The van der Waals surface area contributed by atoms with Gasteiger partial charge in [-0.05, 0) is 25.7 Å². The largest absolute Gasteiger partial charge is 0.394 e. The number of aliphatic hydroxyl groups is 5. The van der Waals surface area contributed by atoms with Gasteiger partial charge in [-0.3, -0.25) is 4.79 Å². The Kier molecular flexibility index (Phi) is 33.8. The first-order valence-electron chi connectivity index (χ1n) is 22.6. The lowest BCUT2D eigenvalue weighted by Gasteiger charge is -2.40. The van der Waals surface area contributed by atoms with Crippen LogP contribution in [0.15, 0.2) is 24.3 Å². The maximum absolute atomic E-state index is 12.9. The van der Waals surface area contributed by atoms with Gasteiger partial charge >= 0.3 is 0 Å². The molecule has 6 N–H and O–H groups in total. The van der Waals surface area contributed by atoms with Gasteiger partial charge in [-0.1, -0.05) is 192 Å². The molecule has 7 atom stereocenters. The van der Waals surface area contributed by atoms with Gasteiger partial charge in [-0.15, -0.1) is 0 Å². The van der Waals surface area contributed by atoms with E-state index in [-0.39, 0.29) is 12.5 Å². The normalized spacial score (nSPS) is 21.6. The summed E-state index contributed by atoms with van der Waals surface area (Å²) < 4.78 is 11.2. The van der Waals surface area contributed by atoms with E-state index in [2.05, 4.69) is 31.3 Å². The molecule has 0 bridgehead atoms. The van der Waals surface area contributed by atoms with E-state index in [1.165, 1.54) is 148 Å². The quantitative estimate of drug-likeness (QED) is 0.0271. The van der Waals surface area contributed by atoms with Crippen molar-refractivity contribution < 1.29 is 39.8 Å². The number of aliphatic hydroxyl groups excluding tert-OH is 5. The third kappa shape index (κ3) is 26.5. The van der Waals surface area contributed by atoms with Crippen LogP contribution < -0.4 is 5.32 Å². The molecule has 1 saturated heterocycles. The number of allylic oxidation sites excluding steroid dienone is 3. The average Bonchev–Trinajstić information content (AvgIpc) is 3.17. The zero-order valence-electron chi connectivity index (χ0n) is 34.7. The van der Waals surface area contributed by atoms with Crippen molar-refractivity contribution in [3.05, 3.63) is 24.3 Å². The molecule has 54 heavy (non-hydrogen) atoms. The molecule has 0 radical (unpaired) electrons. The monoisotopic (exact) mass is 768 g/mol. The van der Waals surface area contributed by atoms with Crippen LogP contribution in [0.5, 0.6) is 0 Å². The van der Waals surface area contributed by atoms with Crippen molar-refractivity contribution in [1.82, 2.24) is 5.32 Å². The topological polar surface area (TPSA) is 149 Å². The Morgan fingerprint density at radius 2 is 1.09 bits per heavy atom. The highest BCUT2D eigenvalue weighted by Gasteiger charge is 2.44. The summed E-state index contributed by atoms with van der Waals surface area (Å²) in [6.07, 6.45) is 35.1. The fourth-order valence-electron chi connectivity index (χ4n) is 7.14. The van der Waals surface area contributed by atoms with Crippen molar-refractivity contribution in [2.75, 3.05) is 13.2 Å². The van der Waals surface area contributed by atoms with Crippen LogP contribution in [-0.4, -0.2) is 87.5 Å². The molecule has 0 aromatic rings. The summed E-state index contributed by atoms with van der Waals surface area (Å²) in [5, 5.41) is 54.1. The molecule has 1 aliphatic rings. The third-order valence-electron chi connectivity index (χ3n) is 10.8. The number of rotatable bonds is 37. The molecule has 0 aromatic heterocycles. The Balaban J connectivity index is 2.36. The van der Waals surface area contributed by atoms with Gasteiger partial charge in [-0.2, -0.15) is 0 Å². The number of carbonyl (C=O) groups is 1. The highest BCUT2D eigenvalue weighted by atomic mass is 16.7. The van der Waals surface area contributed by atoms with Crippen molar-refractivity contribution in [3.63, 3.8) is 0 Å². The Labute approximate surface area is 330 Å². The lowest BCUT2D eigenvalue weighted by atomic mass is 9.99. The van der Waals surface area contributed by atoms with Crippen LogP contribution in [0, 0.1) is 0 Å². The average molecular weight is 768 g/mol. The minimum Gasteiger partial charge on any atom is -0.394 e. The van der Waals surface area contributed by atoms with Gasteiger partial charge in [0.25, 0.3) is 0 Å². The molecule has 9 heteroatoms. The van der Waals surface area contributed by atoms with Gasteiger partial charge in [0.2, 0.25) is 5.91 Å². The maximum Gasteiger partial charge on any atom is 0.220 e. The molecule has 1 fully saturated rings. The van der Waals surface area contributed by atoms with Gasteiger partial charge in [0, 0.05) is 6.42 Å². The van der Waals surface area contributed by atoms with E-state index < -0.39 is 49.5 Å². The highest BCUT2D eigenvalue weighted by molar-refractivity contribution is 5.76. The molecule has 0 unspecified atom stereocenters. The Bertz CT molecular complexity index is 899. The first kappa shape index (κ1) is 50.7. The lowest BCUT2D eigenvalue weighted by Crippen LogP contribution is -2.60. The second-order valence-corrected chi connectivity index (χ2v) is 15.9. The third-order valence-corrected chi connectivity index (χ3v) is 10.8. The van der Waals surface area contributed by atoms with Crippen molar-refractivity contribution in [3.8, 4) is 0 Å². The SMILES string of the molecule is CCCCCCCCCCC=CC/C=C/[C@@H](O)[C@H](CO[C@@H]1O[C@H](CO)[C@@H](O)[C@H](O)[C@H]1O)NC(=O)CCCCCCCCCCCCCCCCCCCC. The van der Waals surface area contributed by atoms with Gasteiger partial charge in [0.05, 0.1) is 25.4 Å². The van der Waals surface area contributed by atoms with Gasteiger partial charge in [-0.25, -0.2) is 0 Å². The minimum absolute atomic E-state index is 0.188. The number of hydrogen-bond acceptors (Lipinski definition) is 8. The van der Waals surface area contributed by atoms with E-state index in [9.17, 15) is 30.3 Å². The summed E-state index contributed by atoms with van der Waals surface area (Å²) in [6.45, 7) is 3.74. The van der Waals surface area contributed by atoms with Crippen LogP contribution in [0.2, 0.25) is 0 Å². The van der Waals surface area contributed by atoms with Crippen LogP contribution in [0.3, 0.4) is 0 Å². The maximum atomic E-state index is 12.9. The summed E-state index contributed by atoms with van der Waals surface area (Å²) in [4.78, 5) is 12.9. The molecular formula is C45H85NO8.